The van der Waals surface area contributed by atoms with Crippen molar-refractivity contribution in [1.29, 1.82) is 0 Å². The summed E-state index contributed by atoms with van der Waals surface area (Å²) in [5.41, 5.74) is 0.612. The van der Waals surface area contributed by atoms with Crippen LogP contribution >= 0.6 is 0 Å². The molecule has 2 rings (SSSR count). The third kappa shape index (κ3) is 4.73. The van der Waals surface area contributed by atoms with Gasteiger partial charge in [-0.1, -0.05) is 18.2 Å². The van der Waals surface area contributed by atoms with Gasteiger partial charge in [-0.3, -0.25) is 20.2 Å². The zero-order chi connectivity index (χ0) is 15.0. The predicted molar refractivity (Wildman–Crippen MR) is 75.7 cm³/mol. The molecular formula is C13H13N3O4. The average Bonchev–Trinajstić information content (AvgIpc) is 2.49. The minimum atomic E-state index is -0.674. The van der Waals surface area contributed by atoms with Crippen molar-refractivity contribution in [1.82, 2.24) is 0 Å². The van der Waals surface area contributed by atoms with Gasteiger partial charge < -0.3 is 5.32 Å². The second-order valence-electron chi connectivity index (χ2n) is 3.65. The molecule has 0 atom stereocenters. The van der Waals surface area contributed by atoms with Crippen LogP contribution in [-0.2, 0) is 0 Å². The summed E-state index contributed by atoms with van der Waals surface area (Å²) in [7, 11) is 1.91. The molecule has 7 heteroatoms. The molecule has 0 aliphatic rings. The first-order valence-corrected chi connectivity index (χ1v) is 5.66. The van der Waals surface area contributed by atoms with E-state index in [9.17, 15) is 20.2 Å². The van der Waals surface area contributed by atoms with E-state index < -0.39 is 9.85 Å². The maximum atomic E-state index is 10.2. The van der Waals surface area contributed by atoms with Crippen LogP contribution in [0.1, 0.15) is 0 Å². The van der Waals surface area contributed by atoms with Crippen LogP contribution in [-0.4, -0.2) is 16.9 Å². The Morgan fingerprint density at radius 2 is 1.35 bits per heavy atom. The van der Waals surface area contributed by atoms with Crippen LogP contribution in [0.15, 0.2) is 54.6 Å². The summed E-state index contributed by atoms with van der Waals surface area (Å²) in [4.78, 5) is 19.0. The highest BCUT2D eigenvalue weighted by Gasteiger charge is 2.11. The molecule has 0 aromatic heterocycles. The molecule has 0 amide bonds. The second-order valence-corrected chi connectivity index (χ2v) is 3.65. The molecule has 0 spiro atoms. The molecule has 0 radical (unpaired) electrons. The van der Waals surface area contributed by atoms with Crippen molar-refractivity contribution in [2.45, 2.75) is 0 Å². The maximum Gasteiger partial charge on any atom is 0.276 e. The summed E-state index contributed by atoms with van der Waals surface area (Å²) < 4.78 is 0. The number of nitrogens with zero attached hydrogens (tertiary/aromatic N) is 2. The van der Waals surface area contributed by atoms with E-state index in [2.05, 4.69) is 5.32 Å². The van der Waals surface area contributed by atoms with Gasteiger partial charge in [0, 0.05) is 24.9 Å². The van der Waals surface area contributed by atoms with Gasteiger partial charge in [0.2, 0.25) is 0 Å². The highest BCUT2D eigenvalue weighted by Crippen LogP contribution is 2.18. The van der Waals surface area contributed by atoms with Gasteiger partial charge in [-0.25, -0.2) is 0 Å². The molecule has 7 nitrogen and oxygen atoms in total. The van der Waals surface area contributed by atoms with E-state index in [1.807, 2.05) is 37.4 Å². The Morgan fingerprint density at radius 3 is 1.70 bits per heavy atom. The van der Waals surface area contributed by atoms with Crippen LogP contribution in [0.2, 0.25) is 0 Å². The van der Waals surface area contributed by atoms with Gasteiger partial charge in [-0.05, 0) is 18.2 Å². The van der Waals surface area contributed by atoms with Crippen molar-refractivity contribution < 1.29 is 9.85 Å². The second kappa shape index (κ2) is 7.47. The van der Waals surface area contributed by atoms with E-state index in [0.717, 1.165) is 11.8 Å². The topological polar surface area (TPSA) is 98.3 Å². The first-order valence-electron chi connectivity index (χ1n) is 5.66. The van der Waals surface area contributed by atoms with Crippen molar-refractivity contribution in [3.8, 4) is 0 Å². The maximum absolute atomic E-state index is 10.2. The van der Waals surface area contributed by atoms with Crippen LogP contribution in [0, 0.1) is 20.2 Å². The summed E-state index contributed by atoms with van der Waals surface area (Å²) in [6.07, 6.45) is 0. The Bertz CT molecular complexity index is 558. The van der Waals surface area contributed by atoms with Gasteiger partial charge in [0.05, 0.1) is 15.9 Å². The van der Waals surface area contributed by atoms with Crippen molar-refractivity contribution in [2.24, 2.45) is 0 Å². The third-order valence-corrected chi connectivity index (χ3v) is 2.31. The number of benzene rings is 2. The number of nitro groups is 2. The van der Waals surface area contributed by atoms with Gasteiger partial charge in [0.25, 0.3) is 11.4 Å². The Kier molecular flexibility index (Phi) is 5.64. The fourth-order valence-electron chi connectivity index (χ4n) is 1.32. The number of hydrogen-bond acceptors (Lipinski definition) is 5. The zero-order valence-corrected chi connectivity index (χ0v) is 10.7. The molecule has 2 aromatic rings. The molecule has 0 unspecified atom stereocenters. The summed E-state index contributed by atoms with van der Waals surface area (Å²) in [5.74, 6) is 0. The monoisotopic (exact) mass is 275 g/mol. The lowest BCUT2D eigenvalue weighted by molar-refractivity contribution is -0.394. The number of nitro benzene ring substituents is 2. The molecule has 104 valence electrons. The standard InChI is InChI=1S/C7H9N.C6H4N2O4/c1-8-7-5-3-2-4-6-7;9-7(10)5-2-1-3-6(4-5)8(11)12/h2-6,8H,1H3;1-4H. The number of hydrogen-bond donors (Lipinski definition) is 1. The predicted octanol–water partition coefficient (Wildman–Crippen LogP) is 3.23. The summed E-state index contributed by atoms with van der Waals surface area (Å²) >= 11 is 0. The average molecular weight is 275 g/mol. The number of anilines is 1. The lowest BCUT2D eigenvalue weighted by atomic mass is 10.3. The quantitative estimate of drug-likeness (QED) is 0.684. The third-order valence-electron chi connectivity index (χ3n) is 2.31. The first kappa shape index (κ1) is 15.1. The number of nitrogens with one attached hydrogen (secondary N) is 1. The molecular weight excluding hydrogens is 262 g/mol. The first-order chi connectivity index (χ1) is 9.54. The Morgan fingerprint density at radius 1 is 0.850 bits per heavy atom. The SMILES string of the molecule is CNc1ccccc1.O=[N+]([O-])c1cccc([N+](=O)[O-])c1. The van der Waals surface area contributed by atoms with E-state index in [1.165, 1.54) is 18.2 Å². The molecule has 0 saturated heterocycles. The fraction of sp³-hybridized carbons (Fsp3) is 0.0769. The zero-order valence-electron chi connectivity index (χ0n) is 10.7. The van der Waals surface area contributed by atoms with Crippen LogP contribution in [0.5, 0.6) is 0 Å². The number of para-hydroxylation sites is 1. The van der Waals surface area contributed by atoms with Crippen LogP contribution in [0.3, 0.4) is 0 Å². The molecule has 0 saturated carbocycles. The highest BCUT2D eigenvalue weighted by atomic mass is 16.6. The largest absolute Gasteiger partial charge is 0.388 e. The lowest BCUT2D eigenvalue weighted by Crippen LogP contribution is -1.91. The van der Waals surface area contributed by atoms with Gasteiger partial charge in [0.1, 0.15) is 0 Å². The lowest BCUT2D eigenvalue weighted by Gasteiger charge is -1.94. The molecule has 0 aliphatic heterocycles. The summed E-state index contributed by atoms with van der Waals surface area (Å²) in [6, 6.07) is 14.7. The van der Waals surface area contributed by atoms with Crippen LogP contribution < -0.4 is 5.32 Å². The van der Waals surface area contributed by atoms with Crippen LogP contribution in [0.4, 0.5) is 17.1 Å². The van der Waals surface area contributed by atoms with E-state index >= 15 is 0 Å². The molecule has 0 fully saturated rings. The van der Waals surface area contributed by atoms with Gasteiger partial charge in [0.15, 0.2) is 0 Å². The summed E-state index contributed by atoms with van der Waals surface area (Å²) in [5, 5.41) is 23.3. The molecule has 0 heterocycles. The molecule has 0 bridgehead atoms. The van der Waals surface area contributed by atoms with Gasteiger partial charge >= 0.3 is 0 Å². The molecule has 1 N–H and O–H groups in total. The fourth-order valence-corrected chi connectivity index (χ4v) is 1.32. The van der Waals surface area contributed by atoms with E-state index in [1.54, 1.807) is 0 Å². The van der Waals surface area contributed by atoms with Crippen molar-refractivity contribution >= 4 is 17.1 Å². The van der Waals surface area contributed by atoms with E-state index in [0.29, 0.717) is 0 Å². The molecule has 0 aliphatic carbocycles. The van der Waals surface area contributed by atoms with E-state index in [-0.39, 0.29) is 11.4 Å². The van der Waals surface area contributed by atoms with Crippen LogP contribution in [0.25, 0.3) is 0 Å². The number of non-ortho nitro benzene ring substituents is 2. The minimum Gasteiger partial charge on any atom is -0.388 e. The Balaban J connectivity index is 0.000000217. The minimum absolute atomic E-state index is 0.274. The van der Waals surface area contributed by atoms with Gasteiger partial charge in [-0.15, -0.1) is 0 Å². The van der Waals surface area contributed by atoms with Crippen molar-refractivity contribution in [3.63, 3.8) is 0 Å². The number of rotatable bonds is 3. The normalized spacial score (nSPS) is 9.05. The Labute approximate surface area is 115 Å². The Hall–Kier alpha value is -2.96. The van der Waals surface area contributed by atoms with Gasteiger partial charge in [-0.2, -0.15) is 0 Å². The van der Waals surface area contributed by atoms with Crippen molar-refractivity contribution in [3.05, 3.63) is 74.8 Å². The molecule has 20 heavy (non-hydrogen) atoms. The van der Waals surface area contributed by atoms with E-state index in [4.69, 9.17) is 0 Å². The summed E-state index contributed by atoms with van der Waals surface area (Å²) in [6.45, 7) is 0. The molecule has 2 aromatic carbocycles. The smallest absolute Gasteiger partial charge is 0.276 e. The van der Waals surface area contributed by atoms with Crippen molar-refractivity contribution in [2.75, 3.05) is 12.4 Å². The highest BCUT2D eigenvalue weighted by molar-refractivity contribution is 5.42.